The molecule has 3 N–H and O–H groups in total. The molecule has 0 bridgehead atoms. The molecule has 0 aliphatic heterocycles. The second-order valence-corrected chi connectivity index (χ2v) is 2.64. The van der Waals surface area contributed by atoms with Crippen molar-refractivity contribution >= 4 is 11.8 Å². The monoisotopic (exact) mass is 176 g/mol. The number of rotatable bonds is 5. The fourth-order valence-corrected chi connectivity index (χ4v) is 0.702. The number of carboxylic acids is 1. The molecular weight excluding hydrogens is 164 g/mol. The molecule has 0 spiro atoms. The van der Waals surface area contributed by atoms with Crippen LogP contribution in [0.25, 0.3) is 0 Å². The minimum absolute atomic E-state index is 0.138. The van der Waals surface area contributed by atoms with Crippen molar-refractivity contribution in [2.45, 2.75) is 19.4 Å². The zero-order valence-electron chi connectivity index (χ0n) is 6.79. The Kier molecular flexibility index (Phi) is 4.43. The van der Waals surface area contributed by atoms with E-state index in [1.807, 2.05) is 0 Å². The zero-order valence-corrected chi connectivity index (χ0v) is 6.79. The van der Waals surface area contributed by atoms with Gasteiger partial charge in [-0.15, -0.1) is 0 Å². The number of carboxylic acid groups (broad SMARTS) is 1. The van der Waals surface area contributed by atoms with Crippen molar-refractivity contribution in [2.75, 3.05) is 6.67 Å². The van der Waals surface area contributed by atoms with E-state index in [2.05, 4.69) is 0 Å². The van der Waals surface area contributed by atoms with Gasteiger partial charge >= 0.3 is 5.97 Å². The van der Waals surface area contributed by atoms with E-state index in [9.17, 15) is 14.0 Å². The van der Waals surface area contributed by atoms with Gasteiger partial charge in [0.2, 0.25) is 0 Å². The highest BCUT2D eigenvalue weighted by Crippen LogP contribution is 2.07. The molecule has 0 fully saturated rings. The van der Waals surface area contributed by atoms with Gasteiger partial charge in [0.05, 0.1) is 12.0 Å². The Hall–Kier alpha value is -0.970. The van der Waals surface area contributed by atoms with Gasteiger partial charge in [-0.2, -0.15) is 0 Å². The number of Topliss-reactive ketones (excluding diaryl/α,β-unsaturated/α-hetero) is 1. The summed E-state index contributed by atoms with van der Waals surface area (Å²) in [5, 5.41) is 8.40. The van der Waals surface area contributed by atoms with Gasteiger partial charge in [0, 0.05) is 0 Å². The number of carbonyl (C=O) groups is 2. The van der Waals surface area contributed by atoms with Gasteiger partial charge in [-0.1, -0.05) is 0 Å². The summed E-state index contributed by atoms with van der Waals surface area (Å²) in [6.07, 6.45) is -0.138. The molecule has 0 heterocycles. The van der Waals surface area contributed by atoms with E-state index in [0.717, 1.165) is 0 Å². The molecule has 4 nitrogen and oxygen atoms in total. The van der Waals surface area contributed by atoms with Gasteiger partial charge in [-0.3, -0.25) is 14.0 Å². The quantitative estimate of drug-likeness (QED) is 0.616. The van der Waals surface area contributed by atoms with E-state index in [-0.39, 0.29) is 12.2 Å². The number of hydrogen-bond acceptors (Lipinski definition) is 3. The Morgan fingerprint density at radius 2 is 2.08 bits per heavy atom. The molecule has 0 aromatic rings. The van der Waals surface area contributed by atoms with Crippen LogP contribution in [0, 0.1) is 5.92 Å². The highest BCUT2D eigenvalue weighted by molar-refractivity contribution is 5.82. The fraction of sp³-hybridized carbons (Fsp3) is 0.714. The van der Waals surface area contributed by atoms with E-state index in [1.54, 1.807) is 0 Å². The van der Waals surface area contributed by atoms with E-state index in [1.165, 1.54) is 6.92 Å². The summed E-state index contributed by atoms with van der Waals surface area (Å²) < 4.78 is 12.0. The van der Waals surface area contributed by atoms with Crippen LogP contribution in [-0.4, -0.2) is 29.6 Å². The molecule has 0 unspecified atom stereocenters. The molecule has 5 heteroatoms. The summed E-state index contributed by atoms with van der Waals surface area (Å²) in [4.78, 5) is 20.9. The highest BCUT2D eigenvalue weighted by Gasteiger charge is 2.22. The maximum Gasteiger partial charge on any atom is 0.309 e. The van der Waals surface area contributed by atoms with E-state index in [0.29, 0.717) is 0 Å². The van der Waals surface area contributed by atoms with Gasteiger partial charge in [0.15, 0.2) is 0 Å². The molecule has 2 atom stereocenters. The number of carbonyl (C=O) groups excluding carboxylic acids is 1. The standard InChI is InChI=1S/C7H12FNO3/c1-4(10)6(9)2-5(3-8)7(11)12/h5-6H,2-3,9H2,1H3,(H,11,12)/t5-,6-/m1/s1/i8-1. The predicted molar refractivity (Wildman–Crippen MR) is 40.4 cm³/mol. The first-order valence-corrected chi connectivity index (χ1v) is 3.53. The lowest BCUT2D eigenvalue weighted by molar-refractivity contribution is -0.142. The van der Waals surface area contributed by atoms with E-state index in [4.69, 9.17) is 10.8 Å². The molecule has 0 radical (unpaired) electrons. The Bertz CT molecular complexity index is 183. The first-order valence-electron chi connectivity index (χ1n) is 3.53. The molecule has 0 aromatic heterocycles. The van der Waals surface area contributed by atoms with Crippen LogP contribution < -0.4 is 5.73 Å². The maximum atomic E-state index is 12.0. The third-order valence-corrected chi connectivity index (χ3v) is 1.60. The Morgan fingerprint density at radius 1 is 1.58 bits per heavy atom. The van der Waals surface area contributed by atoms with Gasteiger partial charge in [0.1, 0.15) is 12.5 Å². The van der Waals surface area contributed by atoms with Gasteiger partial charge < -0.3 is 10.8 Å². The summed E-state index contributed by atoms with van der Waals surface area (Å²) in [6, 6.07) is -0.873. The molecule has 0 saturated carbocycles. The first kappa shape index (κ1) is 11.0. The first-order chi connectivity index (χ1) is 5.49. The summed E-state index contributed by atoms with van der Waals surface area (Å²) in [7, 11) is 0. The van der Waals surface area contributed by atoms with Crippen molar-refractivity contribution in [3.63, 3.8) is 0 Å². The maximum absolute atomic E-state index is 12.0. The zero-order chi connectivity index (χ0) is 9.72. The van der Waals surface area contributed by atoms with Crippen LogP contribution in [0.2, 0.25) is 0 Å². The van der Waals surface area contributed by atoms with Crippen molar-refractivity contribution in [1.82, 2.24) is 0 Å². The third-order valence-electron chi connectivity index (χ3n) is 1.60. The van der Waals surface area contributed by atoms with Gasteiger partial charge in [0.25, 0.3) is 0 Å². The van der Waals surface area contributed by atoms with Crippen LogP contribution in [0.15, 0.2) is 0 Å². The summed E-state index contributed by atoms with van der Waals surface area (Å²) >= 11 is 0. The smallest absolute Gasteiger partial charge is 0.309 e. The minimum atomic E-state index is -1.26. The Labute approximate surface area is 69.6 Å². The number of halogens is 1. The average Bonchev–Trinajstić information content (AvgIpc) is 1.98. The van der Waals surface area contributed by atoms with Gasteiger partial charge in [-0.05, 0) is 13.3 Å². The number of alkyl halides is 1. The minimum Gasteiger partial charge on any atom is -0.481 e. The van der Waals surface area contributed by atoms with E-state index < -0.39 is 24.6 Å². The number of nitrogens with two attached hydrogens (primary N) is 1. The summed E-state index contributed by atoms with van der Waals surface area (Å²) in [5.74, 6) is -2.74. The average molecular weight is 176 g/mol. The van der Waals surface area contributed by atoms with Gasteiger partial charge in [-0.25, -0.2) is 0 Å². The van der Waals surface area contributed by atoms with Crippen LogP contribution >= 0.6 is 0 Å². The van der Waals surface area contributed by atoms with Crippen molar-refractivity contribution in [3.05, 3.63) is 0 Å². The van der Waals surface area contributed by atoms with Crippen molar-refractivity contribution in [2.24, 2.45) is 11.7 Å². The topological polar surface area (TPSA) is 80.4 Å². The lowest BCUT2D eigenvalue weighted by Gasteiger charge is -2.11. The predicted octanol–water partition coefficient (Wildman–Crippen LogP) is -0.0369. The molecule has 0 aromatic carbocycles. The number of aliphatic carboxylic acids is 1. The van der Waals surface area contributed by atoms with Crippen LogP contribution in [-0.2, 0) is 9.59 Å². The van der Waals surface area contributed by atoms with E-state index >= 15 is 0 Å². The molecule has 0 amide bonds. The number of hydrogen-bond donors (Lipinski definition) is 2. The normalized spacial score (nSPS) is 15.2. The molecular formula is C7H12FNO3. The molecule has 0 aliphatic rings. The fourth-order valence-electron chi connectivity index (χ4n) is 0.702. The Morgan fingerprint density at radius 3 is 2.33 bits per heavy atom. The molecule has 0 rings (SSSR count). The largest absolute Gasteiger partial charge is 0.481 e. The van der Waals surface area contributed by atoms with Crippen molar-refractivity contribution in [3.8, 4) is 0 Å². The van der Waals surface area contributed by atoms with Crippen molar-refractivity contribution in [1.29, 1.82) is 0 Å². The highest BCUT2D eigenvalue weighted by atomic mass is 18.2. The summed E-state index contributed by atoms with van der Waals surface area (Å²) in [6.45, 7) is 0.262. The van der Waals surface area contributed by atoms with Crippen LogP contribution in [0.1, 0.15) is 13.3 Å². The molecule has 12 heavy (non-hydrogen) atoms. The van der Waals surface area contributed by atoms with Crippen LogP contribution in [0.3, 0.4) is 0 Å². The van der Waals surface area contributed by atoms with Crippen molar-refractivity contribution < 1.29 is 19.1 Å². The van der Waals surface area contributed by atoms with Crippen LogP contribution in [0.5, 0.6) is 0 Å². The second kappa shape index (κ2) is 4.82. The second-order valence-electron chi connectivity index (χ2n) is 2.64. The van der Waals surface area contributed by atoms with Crippen LogP contribution in [0.4, 0.5) is 4.39 Å². The Balaban J connectivity index is 4.02. The lowest BCUT2D eigenvalue weighted by Crippen LogP contribution is -2.33. The third kappa shape index (κ3) is 3.43. The SMILES string of the molecule is CC(=O)[C@H](N)C[C@H](C[18F])C(=O)O. The molecule has 0 saturated heterocycles. The number of ketones is 1. The lowest BCUT2D eigenvalue weighted by atomic mass is 10.00. The molecule has 70 valence electrons. The molecule has 0 aliphatic carbocycles. The summed E-state index contributed by atoms with van der Waals surface area (Å²) in [5.41, 5.74) is 5.25.